The third-order valence-electron chi connectivity index (χ3n) is 3.51. The molecular formula is C20H18BrN3O3. The van der Waals surface area contributed by atoms with E-state index in [-0.39, 0.29) is 6.61 Å². The minimum absolute atomic E-state index is 0.197. The van der Waals surface area contributed by atoms with E-state index < -0.39 is 17.7 Å². The molecule has 7 heteroatoms. The van der Waals surface area contributed by atoms with Crippen LogP contribution in [0.5, 0.6) is 5.75 Å². The van der Waals surface area contributed by atoms with Crippen molar-refractivity contribution in [1.29, 1.82) is 0 Å². The van der Waals surface area contributed by atoms with Crippen LogP contribution in [0.25, 0.3) is 0 Å². The number of nitrogens with zero attached hydrogens (tertiary/aromatic N) is 1. The zero-order valence-electron chi connectivity index (χ0n) is 14.6. The molecule has 0 aliphatic carbocycles. The number of amides is 2. The summed E-state index contributed by atoms with van der Waals surface area (Å²) in [5.74, 6) is 1.18. The van der Waals surface area contributed by atoms with Gasteiger partial charge in [-0.15, -0.1) is 6.42 Å². The third kappa shape index (κ3) is 6.28. The number of terminal acetylenes is 1. The van der Waals surface area contributed by atoms with E-state index in [1.165, 1.54) is 13.1 Å². The van der Waals surface area contributed by atoms with E-state index in [0.29, 0.717) is 11.4 Å². The molecule has 27 heavy (non-hydrogen) atoms. The first-order valence-electron chi connectivity index (χ1n) is 8.06. The Bertz CT molecular complexity index is 873. The molecule has 0 radical (unpaired) electrons. The fourth-order valence-electron chi connectivity index (χ4n) is 1.97. The Balaban J connectivity index is 1.86. The van der Waals surface area contributed by atoms with Crippen LogP contribution < -0.4 is 15.5 Å². The van der Waals surface area contributed by atoms with Gasteiger partial charge < -0.3 is 10.1 Å². The first-order chi connectivity index (χ1) is 13.0. The van der Waals surface area contributed by atoms with Crippen LogP contribution in [0.3, 0.4) is 0 Å². The maximum atomic E-state index is 12.2. The van der Waals surface area contributed by atoms with Gasteiger partial charge >= 0.3 is 0 Å². The molecule has 0 fully saturated rings. The summed E-state index contributed by atoms with van der Waals surface area (Å²) >= 11 is 3.34. The highest BCUT2D eigenvalue weighted by molar-refractivity contribution is 9.10. The molecule has 2 rings (SSSR count). The van der Waals surface area contributed by atoms with Crippen LogP contribution in [0.4, 0.5) is 5.69 Å². The zero-order valence-corrected chi connectivity index (χ0v) is 16.2. The standard InChI is InChI=1S/C20H18BrN3O3/c1-3-12-27-16-10-8-15(9-11-16)13-22-24-20(26)14(2)19(25)23-18-7-5-4-6-17(18)21/h1,4-11,13-14H,12H2,2H3,(H,23,25)(H,24,26). The summed E-state index contributed by atoms with van der Waals surface area (Å²) in [6.45, 7) is 1.71. The third-order valence-corrected chi connectivity index (χ3v) is 4.20. The lowest BCUT2D eigenvalue weighted by Gasteiger charge is -2.11. The Morgan fingerprint density at radius 3 is 2.59 bits per heavy atom. The molecule has 2 aromatic carbocycles. The van der Waals surface area contributed by atoms with Crippen LogP contribution in [0.2, 0.25) is 0 Å². The van der Waals surface area contributed by atoms with Gasteiger partial charge in [-0.1, -0.05) is 18.1 Å². The molecule has 0 aromatic heterocycles. The Labute approximate surface area is 166 Å². The highest BCUT2D eigenvalue weighted by Crippen LogP contribution is 2.21. The topological polar surface area (TPSA) is 79.8 Å². The van der Waals surface area contributed by atoms with Gasteiger partial charge in [0.05, 0.1) is 11.9 Å². The summed E-state index contributed by atoms with van der Waals surface area (Å²) in [5, 5.41) is 6.57. The van der Waals surface area contributed by atoms with Gasteiger partial charge in [-0.25, -0.2) is 5.43 Å². The van der Waals surface area contributed by atoms with Crippen molar-refractivity contribution in [1.82, 2.24) is 5.43 Å². The lowest BCUT2D eigenvalue weighted by molar-refractivity contribution is -0.131. The van der Waals surface area contributed by atoms with Crippen LogP contribution in [0, 0.1) is 18.3 Å². The summed E-state index contributed by atoms with van der Waals surface area (Å²) in [4.78, 5) is 24.3. The van der Waals surface area contributed by atoms with E-state index in [2.05, 4.69) is 37.7 Å². The molecule has 2 aromatic rings. The lowest BCUT2D eigenvalue weighted by atomic mass is 10.1. The molecule has 2 amide bonds. The number of ether oxygens (including phenoxy) is 1. The van der Waals surface area contributed by atoms with E-state index in [1.807, 2.05) is 6.07 Å². The summed E-state index contributed by atoms with van der Waals surface area (Å²) < 4.78 is 6.00. The second-order valence-corrected chi connectivity index (χ2v) is 6.34. The zero-order chi connectivity index (χ0) is 19.6. The number of anilines is 1. The van der Waals surface area contributed by atoms with E-state index in [1.54, 1.807) is 42.5 Å². The average molecular weight is 428 g/mol. The number of hydrogen-bond acceptors (Lipinski definition) is 4. The molecule has 0 spiro atoms. The van der Waals surface area contributed by atoms with Gasteiger partial charge in [-0.2, -0.15) is 5.10 Å². The minimum atomic E-state index is -0.909. The lowest BCUT2D eigenvalue weighted by Crippen LogP contribution is -2.34. The average Bonchev–Trinajstić information content (AvgIpc) is 2.68. The summed E-state index contributed by atoms with van der Waals surface area (Å²) in [5.41, 5.74) is 3.71. The molecule has 138 valence electrons. The van der Waals surface area contributed by atoms with Crippen LogP contribution in [-0.2, 0) is 9.59 Å². The van der Waals surface area contributed by atoms with Crippen LogP contribution in [-0.4, -0.2) is 24.6 Å². The van der Waals surface area contributed by atoms with Crippen molar-refractivity contribution < 1.29 is 14.3 Å². The van der Waals surface area contributed by atoms with Gasteiger partial charge in [0, 0.05) is 4.47 Å². The maximum absolute atomic E-state index is 12.2. The van der Waals surface area contributed by atoms with Crippen molar-refractivity contribution in [3.63, 3.8) is 0 Å². The van der Waals surface area contributed by atoms with Crippen molar-refractivity contribution in [2.75, 3.05) is 11.9 Å². The Morgan fingerprint density at radius 2 is 1.93 bits per heavy atom. The van der Waals surface area contributed by atoms with Crippen molar-refractivity contribution in [2.45, 2.75) is 6.92 Å². The Hall–Kier alpha value is -3.11. The van der Waals surface area contributed by atoms with Crippen LogP contribution in [0.1, 0.15) is 12.5 Å². The molecule has 0 aliphatic heterocycles. The van der Waals surface area contributed by atoms with Crippen LogP contribution >= 0.6 is 15.9 Å². The first kappa shape index (κ1) is 20.2. The predicted molar refractivity (Wildman–Crippen MR) is 108 cm³/mol. The SMILES string of the molecule is C#CCOc1ccc(C=NNC(=O)C(C)C(=O)Nc2ccccc2Br)cc1. The molecule has 0 bridgehead atoms. The number of carbonyl (C=O) groups excluding carboxylic acids is 2. The number of hydrogen-bond donors (Lipinski definition) is 2. The number of benzene rings is 2. The summed E-state index contributed by atoms with van der Waals surface area (Å²) in [6.07, 6.45) is 6.60. The molecule has 6 nitrogen and oxygen atoms in total. The van der Waals surface area contributed by atoms with Crippen molar-refractivity contribution in [3.05, 3.63) is 58.6 Å². The summed E-state index contributed by atoms with van der Waals surface area (Å²) in [7, 11) is 0. The molecule has 0 saturated heterocycles. The van der Waals surface area contributed by atoms with E-state index >= 15 is 0 Å². The fraction of sp³-hybridized carbons (Fsp3) is 0.150. The largest absolute Gasteiger partial charge is 0.481 e. The predicted octanol–water partition coefficient (Wildman–Crippen LogP) is 3.19. The fourth-order valence-corrected chi connectivity index (χ4v) is 2.35. The Morgan fingerprint density at radius 1 is 1.22 bits per heavy atom. The van der Waals surface area contributed by atoms with Crippen molar-refractivity contribution >= 4 is 39.6 Å². The smallest absolute Gasteiger partial charge is 0.252 e. The van der Waals surface area contributed by atoms with E-state index in [4.69, 9.17) is 11.2 Å². The summed E-state index contributed by atoms with van der Waals surface area (Å²) in [6, 6.07) is 14.2. The highest BCUT2D eigenvalue weighted by Gasteiger charge is 2.21. The quantitative estimate of drug-likeness (QED) is 0.308. The number of nitrogens with one attached hydrogen (secondary N) is 2. The molecule has 1 unspecified atom stereocenters. The van der Waals surface area contributed by atoms with Gasteiger partial charge in [0.15, 0.2) is 0 Å². The van der Waals surface area contributed by atoms with E-state index in [0.717, 1.165) is 10.0 Å². The molecule has 2 N–H and O–H groups in total. The number of rotatable bonds is 7. The molecule has 1 atom stereocenters. The molecular weight excluding hydrogens is 410 g/mol. The number of carbonyl (C=O) groups is 2. The monoisotopic (exact) mass is 427 g/mol. The van der Waals surface area contributed by atoms with E-state index in [9.17, 15) is 9.59 Å². The highest BCUT2D eigenvalue weighted by atomic mass is 79.9. The minimum Gasteiger partial charge on any atom is -0.481 e. The first-order valence-corrected chi connectivity index (χ1v) is 8.85. The molecule has 0 heterocycles. The maximum Gasteiger partial charge on any atom is 0.252 e. The Kier molecular flexibility index (Phi) is 7.59. The van der Waals surface area contributed by atoms with Crippen LogP contribution in [0.15, 0.2) is 58.1 Å². The van der Waals surface area contributed by atoms with Gasteiger partial charge in [-0.05, 0) is 64.8 Å². The molecule has 0 aliphatic rings. The van der Waals surface area contributed by atoms with Crippen molar-refractivity contribution in [3.8, 4) is 18.1 Å². The molecule has 0 saturated carbocycles. The number of hydrazone groups is 1. The van der Waals surface area contributed by atoms with Gasteiger partial charge in [0.25, 0.3) is 5.91 Å². The van der Waals surface area contributed by atoms with Gasteiger partial charge in [0.2, 0.25) is 5.91 Å². The van der Waals surface area contributed by atoms with Crippen molar-refractivity contribution in [2.24, 2.45) is 11.0 Å². The normalized spacial score (nSPS) is 11.4. The van der Waals surface area contributed by atoms with Gasteiger partial charge in [0.1, 0.15) is 18.3 Å². The number of para-hydroxylation sites is 1. The second kappa shape index (κ2) is 10.1. The van der Waals surface area contributed by atoms with Gasteiger partial charge in [-0.3, -0.25) is 9.59 Å². The second-order valence-electron chi connectivity index (χ2n) is 5.49. The number of halogens is 1.